The number of carboxylic acid groups (broad SMARTS) is 1. The van der Waals surface area contributed by atoms with E-state index in [0.29, 0.717) is 0 Å². The van der Waals surface area contributed by atoms with Crippen molar-refractivity contribution in [2.24, 2.45) is 0 Å². The van der Waals surface area contributed by atoms with Crippen LogP contribution in [0.3, 0.4) is 0 Å². The lowest BCUT2D eigenvalue weighted by Gasteiger charge is -2.01. The first-order chi connectivity index (χ1) is 6.16. The molecule has 0 spiro atoms. The summed E-state index contributed by atoms with van der Waals surface area (Å²) in [5.41, 5.74) is -0.528. The standard InChI is InChI=1S/C8H5FO4/c9-7-5(8(11)12)2-1-3-6(7)13-4-10/h1-4H,(H,11,12). The van der Waals surface area contributed by atoms with Crippen LogP contribution in [0.15, 0.2) is 18.2 Å². The summed E-state index contributed by atoms with van der Waals surface area (Å²) in [5.74, 6) is -2.86. The molecular formula is C8H5FO4. The van der Waals surface area contributed by atoms with Gasteiger partial charge in [0.2, 0.25) is 0 Å². The molecule has 0 saturated carbocycles. The summed E-state index contributed by atoms with van der Waals surface area (Å²) in [6, 6.07) is 3.52. The average molecular weight is 184 g/mol. The first-order valence-corrected chi connectivity index (χ1v) is 3.29. The molecule has 0 aliphatic heterocycles. The lowest BCUT2D eigenvalue weighted by Crippen LogP contribution is -2.02. The number of carbonyl (C=O) groups is 2. The van der Waals surface area contributed by atoms with E-state index in [1.54, 1.807) is 0 Å². The molecule has 0 unspecified atom stereocenters. The molecule has 1 rings (SSSR count). The van der Waals surface area contributed by atoms with Crippen molar-refractivity contribution >= 4 is 12.4 Å². The lowest BCUT2D eigenvalue weighted by atomic mass is 10.2. The summed E-state index contributed by atoms with van der Waals surface area (Å²) in [7, 11) is 0. The quantitative estimate of drug-likeness (QED) is 0.713. The third kappa shape index (κ3) is 1.81. The van der Waals surface area contributed by atoms with Gasteiger partial charge in [0.15, 0.2) is 11.6 Å². The van der Waals surface area contributed by atoms with Crippen LogP contribution >= 0.6 is 0 Å². The normalized spacial score (nSPS) is 9.31. The Morgan fingerprint density at radius 1 is 1.54 bits per heavy atom. The molecule has 0 bridgehead atoms. The van der Waals surface area contributed by atoms with Crippen LogP contribution in [0.5, 0.6) is 5.75 Å². The van der Waals surface area contributed by atoms with Crippen molar-refractivity contribution in [1.82, 2.24) is 0 Å². The fourth-order valence-corrected chi connectivity index (χ4v) is 0.819. The number of ether oxygens (including phenoxy) is 1. The van der Waals surface area contributed by atoms with Crippen LogP contribution in [-0.4, -0.2) is 17.5 Å². The van der Waals surface area contributed by atoms with Gasteiger partial charge in [-0.25, -0.2) is 9.18 Å². The maximum atomic E-state index is 13.0. The summed E-state index contributed by atoms with van der Waals surface area (Å²) in [4.78, 5) is 20.3. The van der Waals surface area contributed by atoms with Gasteiger partial charge in [-0.3, -0.25) is 4.79 Å². The molecule has 13 heavy (non-hydrogen) atoms. The maximum absolute atomic E-state index is 13.0. The second kappa shape index (κ2) is 3.66. The molecule has 4 nitrogen and oxygen atoms in total. The fourth-order valence-electron chi connectivity index (χ4n) is 0.819. The van der Waals surface area contributed by atoms with Crippen LogP contribution < -0.4 is 4.74 Å². The van der Waals surface area contributed by atoms with Gasteiger partial charge in [0, 0.05) is 0 Å². The van der Waals surface area contributed by atoms with E-state index in [1.807, 2.05) is 0 Å². The summed E-state index contributed by atoms with van der Waals surface area (Å²) < 4.78 is 17.3. The van der Waals surface area contributed by atoms with E-state index in [2.05, 4.69) is 4.74 Å². The third-order valence-corrected chi connectivity index (χ3v) is 1.37. The second-order valence-electron chi connectivity index (χ2n) is 2.14. The molecule has 1 aromatic rings. The number of carboxylic acids is 1. The molecule has 0 aliphatic rings. The Morgan fingerprint density at radius 2 is 2.23 bits per heavy atom. The maximum Gasteiger partial charge on any atom is 0.338 e. The predicted octanol–water partition coefficient (Wildman–Crippen LogP) is 1.06. The zero-order chi connectivity index (χ0) is 9.84. The van der Waals surface area contributed by atoms with Crippen LogP contribution in [0, 0.1) is 5.82 Å². The number of aromatic carboxylic acids is 1. The number of hydrogen-bond acceptors (Lipinski definition) is 3. The fraction of sp³-hybridized carbons (Fsp3) is 0. The molecule has 1 N–H and O–H groups in total. The summed E-state index contributed by atoms with van der Waals surface area (Å²) in [5, 5.41) is 8.47. The van der Waals surface area contributed by atoms with Gasteiger partial charge in [0.25, 0.3) is 6.47 Å². The van der Waals surface area contributed by atoms with Gasteiger partial charge in [-0.2, -0.15) is 0 Å². The third-order valence-electron chi connectivity index (χ3n) is 1.37. The van der Waals surface area contributed by atoms with Crippen molar-refractivity contribution in [1.29, 1.82) is 0 Å². The Hall–Kier alpha value is -1.91. The zero-order valence-corrected chi connectivity index (χ0v) is 6.36. The molecule has 68 valence electrons. The molecule has 0 saturated heterocycles. The van der Waals surface area contributed by atoms with Crippen molar-refractivity contribution in [2.75, 3.05) is 0 Å². The predicted molar refractivity (Wildman–Crippen MR) is 40.1 cm³/mol. The monoisotopic (exact) mass is 184 g/mol. The highest BCUT2D eigenvalue weighted by Crippen LogP contribution is 2.19. The van der Waals surface area contributed by atoms with Gasteiger partial charge in [-0.15, -0.1) is 0 Å². The lowest BCUT2D eigenvalue weighted by molar-refractivity contribution is -0.120. The van der Waals surface area contributed by atoms with E-state index in [0.717, 1.165) is 12.1 Å². The molecular weight excluding hydrogens is 179 g/mol. The molecule has 0 atom stereocenters. The molecule has 1 aromatic carbocycles. The molecule has 0 fully saturated rings. The second-order valence-corrected chi connectivity index (χ2v) is 2.14. The van der Waals surface area contributed by atoms with Crippen LogP contribution in [0.4, 0.5) is 4.39 Å². The Kier molecular flexibility index (Phi) is 2.59. The van der Waals surface area contributed by atoms with Crippen LogP contribution in [0.2, 0.25) is 0 Å². The Morgan fingerprint density at radius 3 is 2.77 bits per heavy atom. The summed E-state index contributed by atoms with van der Waals surface area (Å²) in [6.45, 7) is 0.0318. The highest BCUT2D eigenvalue weighted by molar-refractivity contribution is 5.88. The Bertz CT molecular complexity index is 348. The van der Waals surface area contributed by atoms with Gasteiger partial charge in [0.1, 0.15) is 0 Å². The molecule has 0 aromatic heterocycles. The number of hydrogen-bond donors (Lipinski definition) is 1. The van der Waals surface area contributed by atoms with Gasteiger partial charge in [0.05, 0.1) is 5.56 Å². The van der Waals surface area contributed by atoms with Crippen molar-refractivity contribution in [3.8, 4) is 5.75 Å². The minimum Gasteiger partial charge on any atom is -0.478 e. The molecule has 0 aliphatic carbocycles. The van der Waals surface area contributed by atoms with E-state index in [-0.39, 0.29) is 6.47 Å². The van der Waals surface area contributed by atoms with E-state index < -0.39 is 23.1 Å². The van der Waals surface area contributed by atoms with Gasteiger partial charge < -0.3 is 9.84 Å². The molecule has 0 radical (unpaired) electrons. The van der Waals surface area contributed by atoms with E-state index >= 15 is 0 Å². The SMILES string of the molecule is O=COc1cccc(C(=O)O)c1F. The van der Waals surface area contributed by atoms with Gasteiger partial charge >= 0.3 is 5.97 Å². The molecule has 5 heteroatoms. The number of carbonyl (C=O) groups excluding carboxylic acids is 1. The van der Waals surface area contributed by atoms with Crippen molar-refractivity contribution in [2.45, 2.75) is 0 Å². The van der Waals surface area contributed by atoms with E-state index in [1.165, 1.54) is 6.07 Å². The minimum absolute atomic E-state index is 0.0318. The first kappa shape index (κ1) is 9.18. The Labute approximate surface area is 72.6 Å². The van der Waals surface area contributed by atoms with E-state index in [4.69, 9.17) is 5.11 Å². The van der Waals surface area contributed by atoms with E-state index in [9.17, 15) is 14.0 Å². The van der Waals surface area contributed by atoms with Crippen molar-refractivity contribution in [3.05, 3.63) is 29.6 Å². The largest absolute Gasteiger partial charge is 0.478 e. The highest BCUT2D eigenvalue weighted by atomic mass is 19.1. The minimum atomic E-state index is -1.41. The smallest absolute Gasteiger partial charge is 0.338 e. The first-order valence-electron chi connectivity index (χ1n) is 3.29. The van der Waals surface area contributed by atoms with Crippen molar-refractivity contribution in [3.63, 3.8) is 0 Å². The number of rotatable bonds is 3. The highest BCUT2D eigenvalue weighted by Gasteiger charge is 2.14. The van der Waals surface area contributed by atoms with Crippen LogP contribution in [-0.2, 0) is 4.79 Å². The molecule has 0 amide bonds. The Balaban J connectivity index is 3.17. The summed E-state index contributed by atoms with van der Waals surface area (Å²) in [6.07, 6.45) is 0. The van der Waals surface area contributed by atoms with Crippen LogP contribution in [0.25, 0.3) is 0 Å². The average Bonchev–Trinajstić information content (AvgIpc) is 2.08. The number of benzene rings is 1. The van der Waals surface area contributed by atoms with Gasteiger partial charge in [-0.05, 0) is 12.1 Å². The number of halogens is 1. The zero-order valence-electron chi connectivity index (χ0n) is 6.36. The van der Waals surface area contributed by atoms with Crippen LogP contribution in [0.1, 0.15) is 10.4 Å². The van der Waals surface area contributed by atoms with Gasteiger partial charge in [-0.1, -0.05) is 6.07 Å². The topological polar surface area (TPSA) is 63.6 Å². The molecule has 0 heterocycles. The van der Waals surface area contributed by atoms with Crippen molar-refractivity contribution < 1.29 is 23.8 Å². The summed E-state index contributed by atoms with van der Waals surface area (Å²) >= 11 is 0.